The van der Waals surface area contributed by atoms with E-state index >= 15 is 0 Å². The molecule has 6 heteroatoms. The minimum Gasteiger partial charge on any atom is -0.550 e. The first-order valence-corrected chi connectivity index (χ1v) is 7.63. The molecule has 1 heterocycles. The van der Waals surface area contributed by atoms with Gasteiger partial charge in [0.25, 0.3) is 0 Å². The maximum atomic E-state index is 12.4. The van der Waals surface area contributed by atoms with Crippen molar-refractivity contribution in [3.8, 4) is 0 Å². The van der Waals surface area contributed by atoms with Gasteiger partial charge in [-0.25, -0.2) is 8.42 Å². The number of aliphatic carboxylic acids is 1. The number of hydrogen-bond acceptors (Lipinski definition) is 4. The van der Waals surface area contributed by atoms with E-state index < -0.39 is 21.9 Å². The fourth-order valence-electron chi connectivity index (χ4n) is 2.21. The minimum absolute atomic E-state index is 0.00145. The van der Waals surface area contributed by atoms with Gasteiger partial charge in [0.2, 0.25) is 10.0 Å². The molecule has 0 unspecified atom stereocenters. The number of benzene rings is 1. The predicted molar refractivity (Wildman–Crippen MR) is 67.7 cm³/mol. The van der Waals surface area contributed by atoms with Crippen LogP contribution in [0.1, 0.15) is 18.4 Å². The number of carboxylic acid groups (broad SMARTS) is 1. The molecular formula is C13H16NO4S-. The number of aryl methyl sites for hydroxylation is 1. The highest BCUT2D eigenvalue weighted by Crippen LogP contribution is 2.23. The number of carbonyl (C=O) groups is 1. The lowest BCUT2D eigenvalue weighted by Gasteiger charge is -2.32. The lowest BCUT2D eigenvalue weighted by atomic mass is 10.0. The Morgan fingerprint density at radius 3 is 2.53 bits per heavy atom. The van der Waals surface area contributed by atoms with Crippen molar-refractivity contribution in [2.75, 3.05) is 13.1 Å². The van der Waals surface area contributed by atoms with Crippen LogP contribution in [-0.4, -0.2) is 31.8 Å². The minimum atomic E-state index is -3.60. The van der Waals surface area contributed by atoms with Gasteiger partial charge in [-0.2, -0.15) is 4.31 Å². The number of carbonyl (C=O) groups excluding carboxylic acids is 1. The zero-order valence-electron chi connectivity index (χ0n) is 10.7. The predicted octanol–water partition coefficient (Wildman–Crippen LogP) is 0.146. The zero-order chi connectivity index (χ0) is 14.0. The first-order chi connectivity index (χ1) is 8.91. The highest BCUT2D eigenvalue weighted by atomic mass is 32.2. The van der Waals surface area contributed by atoms with Gasteiger partial charge < -0.3 is 9.90 Å². The van der Waals surface area contributed by atoms with Crippen molar-refractivity contribution < 1.29 is 18.3 Å². The van der Waals surface area contributed by atoms with Crippen LogP contribution in [0, 0.1) is 12.8 Å². The van der Waals surface area contributed by atoms with Crippen LogP contribution in [0.5, 0.6) is 0 Å². The normalized spacial score (nSPS) is 21.2. The third-order valence-corrected chi connectivity index (χ3v) is 5.26. The molecule has 0 aromatic heterocycles. The third kappa shape index (κ3) is 2.96. The van der Waals surface area contributed by atoms with Crippen LogP contribution >= 0.6 is 0 Å². The summed E-state index contributed by atoms with van der Waals surface area (Å²) in [6, 6.07) is 6.56. The van der Waals surface area contributed by atoms with Crippen molar-refractivity contribution >= 4 is 16.0 Å². The summed E-state index contributed by atoms with van der Waals surface area (Å²) in [5.74, 6) is -1.89. The Bertz CT molecular complexity index is 565. The molecule has 1 saturated heterocycles. The number of rotatable bonds is 3. The fourth-order valence-corrected chi connectivity index (χ4v) is 3.74. The van der Waals surface area contributed by atoms with Crippen molar-refractivity contribution in [2.45, 2.75) is 24.7 Å². The maximum Gasteiger partial charge on any atom is 0.243 e. The van der Waals surface area contributed by atoms with E-state index in [2.05, 4.69) is 0 Å². The van der Waals surface area contributed by atoms with E-state index in [9.17, 15) is 18.3 Å². The summed E-state index contributed by atoms with van der Waals surface area (Å²) in [6.07, 6.45) is 1.02. The number of hydrogen-bond donors (Lipinski definition) is 0. The molecule has 0 bridgehead atoms. The Balaban J connectivity index is 2.24. The zero-order valence-corrected chi connectivity index (χ0v) is 11.5. The molecule has 0 saturated carbocycles. The molecule has 0 N–H and O–H groups in total. The summed E-state index contributed by atoms with van der Waals surface area (Å²) in [5, 5.41) is 10.9. The standard InChI is InChI=1S/C13H17NO4S/c1-10-4-6-12(7-5-10)19(17,18)14-8-2-3-11(9-14)13(15)16/h4-7,11H,2-3,8-9H2,1H3,(H,15,16)/p-1/t11-/m1/s1. The first-order valence-electron chi connectivity index (χ1n) is 6.19. The summed E-state index contributed by atoms with van der Waals surface area (Å²) in [5.41, 5.74) is 0.977. The molecule has 1 aliphatic rings. The van der Waals surface area contributed by atoms with E-state index in [0.717, 1.165) is 5.56 Å². The summed E-state index contributed by atoms with van der Waals surface area (Å²) in [6.45, 7) is 2.24. The average molecular weight is 282 g/mol. The Morgan fingerprint density at radius 1 is 1.32 bits per heavy atom. The Labute approximate surface area is 112 Å². The molecular weight excluding hydrogens is 266 g/mol. The van der Waals surface area contributed by atoms with Crippen molar-refractivity contribution in [1.29, 1.82) is 0 Å². The highest BCUT2D eigenvalue weighted by molar-refractivity contribution is 7.89. The van der Waals surface area contributed by atoms with Crippen LogP contribution in [0.15, 0.2) is 29.2 Å². The number of carboxylic acids is 1. The van der Waals surface area contributed by atoms with Crippen LogP contribution < -0.4 is 5.11 Å². The topological polar surface area (TPSA) is 77.5 Å². The van der Waals surface area contributed by atoms with Gasteiger partial charge in [-0.15, -0.1) is 0 Å². The molecule has 104 valence electrons. The van der Waals surface area contributed by atoms with Crippen molar-refractivity contribution in [2.24, 2.45) is 5.92 Å². The maximum absolute atomic E-state index is 12.4. The van der Waals surface area contributed by atoms with Crippen LogP contribution in [-0.2, 0) is 14.8 Å². The lowest BCUT2D eigenvalue weighted by Crippen LogP contribution is -2.46. The van der Waals surface area contributed by atoms with Gasteiger partial charge in [0.1, 0.15) is 0 Å². The van der Waals surface area contributed by atoms with Crippen molar-refractivity contribution in [1.82, 2.24) is 4.31 Å². The second-order valence-corrected chi connectivity index (χ2v) is 6.77. The molecule has 0 radical (unpaired) electrons. The second-order valence-electron chi connectivity index (χ2n) is 4.83. The Kier molecular flexibility index (Phi) is 3.91. The van der Waals surface area contributed by atoms with E-state index in [0.29, 0.717) is 19.4 Å². The molecule has 1 aromatic rings. The monoisotopic (exact) mass is 282 g/mol. The molecule has 1 atom stereocenters. The van der Waals surface area contributed by atoms with E-state index in [4.69, 9.17) is 0 Å². The van der Waals surface area contributed by atoms with Gasteiger partial charge in [0, 0.05) is 25.0 Å². The third-order valence-electron chi connectivity index (χ3n) is 3.38. The van der Waals surface area contributed by atoms with E-state index in [-0.39, 0.29) is 11.4 Å². The largest absolute Gasteiger partial charge is 0.550 e. The van der Waals surface area contributed by atoms with Crippen LogP contribution in [0.2, 0.25) is 0 Å². The summed E-state index contributed by atoms with van der Waals surface area (Å²) < 4.78 is 26.0. The average Bonchev–Trinajstić information content (AvgIpc) is 2.39. The van der Waals surface area contributed by atoms with Gasteiger partial charge in [0.15, 0.2) is 0 Å². The molecule has 1 aliphatic heterocycles. The number of nitrogens with zero attached hydrogens (tertiary/aromatic N) is 1. The summed E-state index contributed by atoms with van der Waals surface area (Å²) >= 11 is 0. The van der Waals surface area contributed by atoms with Gasteiger partial charge in [-0.3, -0.25) is 0 Å². The van der Waals surface area contributed by atoms with E-state index in [1.165, 1.54) is 4.31 Å². The number of piperidine rings is 1. The SMILES string of the molecule is Cc1ccc(S(=O)(=O)N2CCC[C@@H](C(=O)[O-])C2)cc1. The Hall–Kier alpha value is -1.40. The van der Waals surface area contributed by atoms with Gasteiger partial charge in [-0.05, 0) is 31.9 Å². The van der Waals surface area contributed by atoms with Gasteiger partial charge in [0.05, 0.1) is 4.90 Å². The van der Waals surface area contributed by atoms with E-state index in [1.807, 2.05) is 6.92 Å². The van der Waals surface area contributed by atoms with Gasteiger partial charge >= 0.3 is 0 Å². The molecule has 0 spiro atoms. The second kappa shape index (κ2) is 5.30. The molecule has 19 heavy (non-hydrogen) atoms. The molecule has 2 rings (SSSR count). The fraction of sp³-hybridized carbons (Fsp3) is 0.462. The lowest BCUT2D eigenvalue weighted by molar-refractivity contribution is -0.312. The summed E-state index contributed by atoms with van der Waals surface area (Å²) in [4.78, 5) is 11.1. The number of sulfonamides is 1. The van der Waals surface area contributed by atoms with Crippen LogP contribution in [0.4, 0.5) is 0 Å². The molecule has 0 amide bonds. The van der Waals surface area contributed by atoms with Crippen LogP contribution in [0.25, 0.3) is 0 Å². The highest BCUT2D eigenvalue weighted by Gasteiger charge is 2.30. The first kappa shape index (κ1) is 14.0. The van der Waals surface area contributed by atoms with Gasteiger partial charge in [-0.1, -0.05) is 17.7 Å². The molecule has 5 nitrogen and oxygen atoms in total. The van der Waals surface area contributed by atoms with E-state index in [1.54, 1.807) is 24.3 Å². The van der Waals surface area contributed by atoms with Crippen molar-refractivity contribution in [3.63, 3.8) is 0 Å². The quantitative estimate of drug-likeness (QED) is 0.790. The Morgan fingerprint density at radius 2 is 1.95 bits per heavy atom. The smallest absolute Gasteiger partial charge is 0.243 e. The molecule has 1 fully saturated rings. The molecule has 1 aromatic carbocycles. The van der Waals surface area contributed by atoms with Crippen LogP contribution in [0.3, 0.4) is 0 Å². The molecule has 0 aliphatic carbocycles. The summed E-state index contributed by atoms with van der Waals surface area (Å²) in [7, 11) is -3.60. The van der Waals surface area contributed by atoms with Crippen molar-refractivity contribution in [3.05, 3.63) is 29.8 Å².